The van der Waals surface area contributed by atoms with E-state index in [1.165, 1.54) is 0 Å². The van der Waals surface area contributed by atoms with Crippen molar-refractivity contribution in [2.24, 2.45) is 0 Å². The number of esters is 7. The van der Waals surface area contributed by atoms with E-state index in [0.717, 1.165) is 60.2 Å². The fraction of sp³-hybridized carbons (Fsp3) is 0.724. The number of ether oxygens (including phenoxy) is 10. The molecule has 0 aromatic heterocycles. The van der Waals surface area contributed by atoms with E-state index in [1.54, 1.807) is 19.0 Å². The van der Waals surface area contributed by atoms with Crippen LogP contribution in [0.2, 0.25) is 0 Å². The normalized spacial score (nSPS) is 29.3. The van der Waals surface area contributed by atoms with Crippen molar-refractivity contribution in [3.8, 4) is 0 Å². The summed E-state index contributed by atoms with van der Waals surface area (Å²) in [6, 6.07) is 0. The summed E-state index contributed by atoms with van der Waals surface area (Å²) in [4.78, 5) is 86.8. The first-order valence-corrected chi connectivity index (χ1v) is 16.1. The third-order valence-electron chi connectivity index (χ3n) is 6.47. The van der Waals surface area contributed by atoms with E-state index in [-0.39, 0.29) is 4.32 Å². The molecule has 49 heavy (non-hydrogen) atoms. The van der Waals surface area contributed by atoms with Crippen LogP contribution >= 0.6 is 24.0 Å². The largest absolute Gasteiger partial charge is 0.463 e. The maximum atomic E-state index is 12.5. The number of rotatable bonds is 12. The predicted octanol–water partition coefficient (Wildman–Crippen LogP) is 0.186. The van der Waals surface area contributed by atoms with Gasteiger partial charge in [-0.15, -0.1) is 0 Å². The highest BCUT2D eigenvalue weighted by Gasteiger charge is 2.57. The summed E-state index contributed by atoms with van der Waals surface area (Å²) in [6.07, 6.45) is -13.6. The van der Waals surface area contributed by atoms with Gasteiger partial charge in [-0.25, -0.2) is 0 Å². The Kier molecular flexibility index (Phi) is 16.1. The molecule has 276 valence electrons. The van der Waals surface area contributed by atoms with Crippen molar-refractivity contribution in [1.82, 2.24) is 4.90 Å². The number of carbonyl (C=O) groups is 7. The van der Waals surface area contributed by atoms with E-state index in [4.69, 9.17) is 59.6 Å². The van der Waals surface area contributed by atoms with Crippen molar-refractivity contribution in [2.45, 2.75) is 109 Å². The first-order valence-electron chi connectivity index (χ1n) is 14.8. The van der Waals surface area contributed by atoms with Crippen LogP contribution in [0.15, 0.2) is 0 Å². The number of thioether (sulfide) groups is 1. The van der Waals surface area contributed by atoms with Gasteiger partial charge in [-0.05, 0) is 0 Å². The minimum Gasteiger partial charge on any atom is -0.463 e. The molecule has 2 heterocycles. The molecule has 2 fully saturated rings. The lowest BCUT2D eigenvalue weighted by Gasteiger charge is -2.48. The maximum Gasteiger partial charge on any atom is 0.303 e. The van der Waals surface area contributed by atoms with Gasteiger partial charge >= 0.3 is 41.8 Å². The van der Waals surface area contributed by atoms with Crippen molar-refractivity contribution in [2.75, 3.05) is 27.3 Å². The highest BCUT2D eigenvalue weighted by molar-refractivity contribution is 8.23. The van der Waals surface area contributed by atoms with Gasteiger partial charge in [0.25, 0.3) is 0 Å². The Hall–Kier alpha value is -3.59. The average molecular weight is 740 g/mol. The van der Waals surface area contributed by atoms with E-state index in [0.29, 0.717) is 0 Å². The van der Waals surface area contributed by atoms with Crippen molar-refractivity contribution in [3.05, 3.63) is 0 Å². The van der Waals surface area contributed by atoms with Gasteiger partial charge in [0, 0.05) is 62.6 Å². The molecule has 0 radical (unpaired) electrons. The molecule has 0 aliphatic carbocycles. The van der Waals surface area contributed by atoms with Gasteiger partial charge in [-0.2, -0.15) is 0 Å². The molecule has 10 atom stereocenters. The predicted molar refractivity (Wildman–Crippen MR) is 167 cm³/mol. The smallest absolute Gasteiger partial charge is 0.303 e. The topological polar surface area (TPSA) is 215 Å². The zero-order chi connectivity index (χ0) is 37.2. The summed E-state index contributed by atoms with van der Waals surface area (Å²) < 4.78 is 56.7. The second-order valence-electron chi connectivity index (χ2n) is 10.9. The summed E-state index contributed by atoms with van der Waals surface area (Å²) in [7, 11) is 3.32. The minimum atomic E-state index is -1.77. The third kappa shape index (κ3) is 13.0. The lowest BCUT2D eigenvalue weighted by atomic mass is 9.96. The fourth-order valence-electron chi connectivity index (χ4n) is 4.77. The molecule has 0 saturated carbocycles. The quantitative estimate of drug-likeness (QED) is 0.148. The average Bonchev–Trinajstić information content (AvgIpc) is 2.95. The van der Waals surface area contributed by atoms with E-state index in [2.05, 4.69) is 0 Å². The van der Waals surface area contributed by atoms with Crippen molar-refractivity contribution >= 4 is 70.1 Å². The maximum absolute atomic E-state index is 12.5. The van der Waals surface area contributed by atoms with Gasteiger partial charge in [-0.1, -0.05) is 24.0 Å². The van der Waals surface area contributed by atoms with E-state index in [1.807, 2.05) is 0 Å². The number of thiocarbonyl (C=S) groups is 1. The molecule has 20 heteroatoms. The Balaban J connectivity index is 2.75. The molecule has 2 aliphatic rings. The van der Waals surface area contributed by atoms with Crippen LogP contribution in [0.25, 0.3) is 0 Å². The third-order valence-corrected chi connectivity index (χ3v) is 8.30. The summed E-state index contributed by atoms with van der Waals surface area (Å²) in [5, 5.41) is 0. The van der Waals surface area contributed by atoms with E-state index >= 15 is 0 Å². The fourth-order valence-corrected chi connectivity index (χ4v) is 6.01. The number of nitrogens with zero attached hydrogens (tertiary/aromatic N) is 1. The van der Waals surface area contributed by atoms with Crippen LogP contribution in [0.1, 0.15) is 48.5 Å². The van der Waals surface area contributed by atoms with Crippen LogP contribution in [0.4, 0.5) is 0 Å². The van der Waals surface area contributed by atoms with E-state index < -0.39 is 116 Å². The molecule has 2 rings (SSSR count). The Bertz CT molecular complexity index is 1260. The van der Waals surface area contributed by atoms with Crippen molar-refractivity contribution in [1.29, 1.82) is 0 Å². The number of hydrogen-bond acceptors (Lipinski definition) is 19. The van der Waals surface area contributed by atoms with Crippen LogP contribution in [0, 0.1) is 0 Å². The zero-order valence-electron chi connectivity index (χ0n) is 28.4. The Morgan fingerprint density at radius 2 is 0.939 bits per heavy atom. The van der Waals surface area contributed by atoms with Crippen LogP contribution in [0.3, 0.4) is 0 Å². The van der Waals surface area contributed by atoms with Crippen LogP contribution in [-0.4, -0.2) is 139 Å². The first-order chi connectivity index (χ1) is 22.8. The Labute approximate surface area is 291 Å². The van der Waals surface area contributed by atoms with Crippen LogP contribution in [0.5, 0.6) is 0 Å². The molecule has 2 saturated heterocycles. The highest BCUT2D eigenvalue weighted by Crippen LogP contribution is 2.38. The molecule has 0 amide bonds. The SMILES string of the molecule is CC(=O)OC[C@H]1O[C@@H](SC(=S)N(C)C)[C@H](OC(C)=O)[C@@H](OC(C)=O)[C@@H]1O[C@H]1O[C@H](COC(C)=O)[C@@H](OC(C)=O)[C@H](OC(C)=O)[C@H]1OC(C)=O. The molecule has 0 unspecified atom stereocenters. The number of hydrogen-bond donors (Lipinski definition) is 0. The summed E-state index contributed by atoms with van der Waals surface area (Å²) in [5.74, 6) is -5.73. The van der Waals surface area contributed by atoms with E-state index in [9.17, 15) is 33.6 Å². The monoisotopic (exact) mass is 739 g/mol. The molecule has 18 nitrogen and oxygen atoms in total. The van der Waals surface area contributed by atoms with Crippen molar-refractivity contribution < 1.29 is 80.9 Å². The molecule has 0 N–H and O–H groups in total. The summed E-state index contributed by atoms with van der Waals surface area (Å²) in [6.45, 7) is 6.52. The van der Waals surface area contributed by atoms with Gasteiger partial charge in [-0.3, -0.25) is 33.6 Å². The van der Waals surface area contributed by atoms with Gasteiger partial charge in [0.2, 0.25) is 0 Å². The molecule has 0 spiro atoms. The lowest BCUT2D eigenvalue weighted by Crippen LogP contribution is -2.67. The standard InChI is InChI=1S/C29H41NO17S2/c1-12(31)38-10-19-21(40-14(3)33)23(41-15(4)34)25(43-17(6)36)27(45-19)47-22-20(11-39-13(2)32)46-28(49-29(48)30(8)9)26(44-18(7)37)24(22)42-16(5)35/h19-28H,10-11H2,1-9H3/t19-,20-,21-,22-,23+,24+,25-,26-,27-,28+/m1/s1. The second kappa shape index (κ2) is 19.0. The molecule has 2 aliphatic heterocycles. The Morgan fingerprint density at radius 1 is 0.551 bits per heavy atom. The summed E-state index contributed by atoms with van der Waals surface area (Å²) >= 11 is 6.36. The van der Waals surface area contributed by atoms with Gasteiger partial charge in [0.1, 0.15) is 35.8 Å². The van der Waals surface area contributed by atoms with Crippen LogP contribution in [-0.2, 0) is 80.9 Å². The molecule has 0 bridgehead atoms. The highest BCUT2D eigenvalue weighted by atomic mass is 32.2. The zero-order valence-corrected chi connectivity index (χ0v) is 30.0. The van der Waals surface area contributed by atoms with Crippen LogP contribution < -0.4 is 0 Å². The number of carbonyl (C=O) groups excluding carboxylic acids is 7. The summed E-state index contributed by atoms with van der Waals surface area (Å²) in [5.41, 5.74) is -1.14. The molecular weight excluding hydrogens is 698 g/mol. The first kappa shape index (κ1) is 41.6. The molecule has 0 aromatic rings. The van der Waals surface area contributed by atoms with Crippen molar-refractivity contribution in [3.63, 3.8) is 0 Å². The van der Waals surface area contributed by atoms with Gasteiger partial charge in [0.15, 0.2) is 42.2 Å². The van der Waals surface area contributed by atoms with Gasteiger partial charge < -0.3 is 52.3 Å². The lowest BCUT2D eigenvalue weighted by molar-refractivity contribution is -0.341. The minimum absolute atomic E-state index is 0.286. The van der Waals surface area contributed by atoms with Gasteiger partial charge in [0.05, 0.1) is 0 Å². The molecular formula is C29H41NO17S2. The molecule has 0 aromatic carbocycles. The second-order valence-corrected chi connectivity index (χ2v) is 12.7. The Morgan fingerprint density at radius 3 is 1.37 bits per heavy atom.